The highest BCUT2D eigenvalue weighted by Crippen LogP contribution is 2.23. The average molecular weight is 512 g/mol. The van der Waals surface area contributed by atoms with E-state index in [1.165, 1.54) is 0 Å². The molecule has 4 rings (SSSR count). The minimum atomic E-state index is -2.98. The van der Waals surface area contributed by atoms with Crippen LogP contribution >= 0.6 is 0 Å². The van der Waals surface area contributed by atoms with Crippen molar-refractivity contribution in [1.82, 2.24) is 10.2 Å². The first-order valence-electron chi connectivity index (χ1n) is 13.0. The van der Waals surface area contributed by atoms with Crippen molar-refractivity contribution in [3.05, 3.63) is 66.2 Å². The number of ketones is 1. The molecule has 2 aliphatic heterocycles. The molecule has 2 aromatic carbocycles. The summed E-state index contributed by atoms with van der Waals surface area (Å²) < 4.78 is 23.5. The van der Waals surface area contributed by atoms with Gasteiger partial charge < -0.3 is 15.1 Å². The molecule has 0 aromatic heterocycles. The van der Waals surface area contributed by atoms with E-state index >= 15 is 0 Å². The number of likely N-dealkylation sites (tertiary alicyclic amines) is 1. The number of benzene rings is 2. The van der Waals surface area contributed by atoms with Gasteiger partial charge in [0.25, 0.3) is 0 Å². The van der Waals surface area contributed by atoms with Gasteiger partial charge in [0.05, 0.1) is 18.1 Å². The number of hydrogen-bond acceptors (Lipinski definition) is 6. The fourth-order valence-electron chi connectivity index (χ4n) is 5.08. The van der Waals surface area contributed by atoms with Gasteiger partial charge in [-0.2, -0.15) is 0 Å². The summed E-state index contributed by atoms with van der Waals surface area (Å²) in [5.74, 6) is 0.349. The van der Waals surface area contributed by atoms with Crippen molar-refractivity contribution in [2.45, 2.75) is 32.2 Å². The first-order chi connectivity index (χ1) is 17.4. The highest BCUT2D eigenvalue weighted by Gasteiger charge is 2.30. The van der Waals surface area contributed by atoms with Crippen LogP contribution in [0.1, 0.15) is 31.2 Å². The van der Waals surface area contributed by atoms with Crippen LogP contribution in [0.5, 0.6) is 0 Å². The van der Waals surface area contributed by atoms with Crippen molar-refractivity contribution >= 4 is 27.2 Å². The van der Waals surface area contributed by atoms with E-state index in [-0.39, 0.29) is 35.0 Å². The van der Waals surface area contributed by atoms with Gasteiger partial charge in [0.15, 0.2) is 5.78 Å². The number of nitrogens with zero attached hydrogens (tertiary/aromatic N) is 2. The Morgan fingerprint density at radius 1 is 0.861 bits per heavy atom. The first kappa shape index (κ1) is 26.4. The minimum Gasteiger partial charge on any atom is -0.363 e. The lowest BCUT2D eigenvalue weighted by Crippen LogP contribution is -2.44. The Labute approximate surface area is 214 Å². The van der Waals surface area contributed by atoms with Crippen LogP contribution in [-0.2, 0) is 26.0 Å². The van der Waals surface area contributed by atoms with Crippen LogP contribution in [0, 0.1) is 11.8 Å². The number of Topliss-reactive ketones (excluding diaryl/α,β-unsaturated/α-hetero) is 1. The highest BCUT2D eigenvalue weighted by molar-refractivity contribution is 7.91. The molecule has 2 saturated heterocycles. The second-order valence-electron chi connectivity index (χ2n) is 9.97. The maximum absolute atomic E-state index is 13.0. The van der Waals surface area contributed by atoms with Gasteiger partial charge in [-0.25, -0.2) is 8.42 Å². The Morgan fingerprint density at radius 3 is 2.11 bits per heavy atom. The van der Waals surface area contributed by atoms with Gasteiger partial charge in [0.2, 0.25) is 5.91 Å². The van der Waals surface area contributed by atoms with Crippen molar-refractivity contribution in [3.63, 3.8) is 0 Å². The number of hydrogen-bond donors (Lipinski definition) is 1. The van der Waals surface area contributed by atoms with E-state index in [1.807, 2.05) is 60.7 Å². The maximum Gasteiger partial charge on any atom is 0.223 e. The van der Waals surface area contributed by atoms with E-state index in [0.717, 1.165) is 43.7 Å². The molecule has 36 heavy (non-hydrogen) atoms. The zero-order chi connectivity index (χ0) is 25.4. The Kier molecular flexibility index (Phi) is 9.15. The molecule has 8 heteroatoms. The van der Waals surface area contributed by atoms with E-state index in [4.69, 9.17) is 0 Å². The van der Waals surface area contributed by atoms with E-state index in [1.54, 1.807) is 0 Å². The molecule has 7 nitrogen and oxygen atoms in total. The number of sulfone groups is 1. The third-order valence-electron chi connectivity index (χ3n) is 7.43. The van der Waals surface area contributed by atoms with Gasteiger partial charge in [-0.15, -0.1) is 0 Å². The molecule has 0 radical (unpaired) electrons. The van der Waals surface area contributed by atoms with Crippen LogP contribution < -0.4 is 10.2 Å². The minimum absolute atomic E-state index is 0.0411. The Hall–Kier alpha value is -2.71. The van der Waals surface area contributed by atoms with Crippen LogP contribution in [0.25, 0.3) is 0 Å². The molecule has 0 saturated carbocycles. The molecule has 0 atom stereocenters. The monoisotopic (exact) mass is 511 g/mol. The van der Waals surface area contributed by atoms with Crippen LogP contribution in [0.4, 0.5) is 5.69 Å². The van der Waals surface area contributed by atoms with Crippen molar-refractivity contribution in [2.24, 2.45) is 11.8 Å². The zero-order valence-corrected chi connectivity index (χ0v) is 21.7. The summed E-state index contributed by atoms with van der Waals surface area (Å²) >= 11 is 0. The summed E-state index contributed by atoms with van der Waals surface area (Å²) in [5.41, 5.74) is 2.11. The maximum atomic E-state index is 13.0. The molecular weight excluding hydrogens is 474 g/mol. The third-order valence-corrected chi connectivity index (χ3v) is 9.15. The summed E-state index contributed by atoms with van der Waals surface area (Å²) in [5, 5.41) is 3.07. The van der Waals surface area contributed by atoms with Crippen molar-refractivity contribution in [1.29, 1.82) is 0 Å². The number of carbonyl (C=O) groups excluding carboxylic acids is 2. The van der Waals surface area contributed by atoms with E-state index in [2.05, 4.69) is 15.1 Å². The average Bonchev–Trinajstić information content (AvgIpc) is 2.91. The van der Waals surface area contributed by atoms with Gasteiger partial charge in [-0.1, -0.05) is 48.5 Å². The molecule has 194 valence electrons. The Morgan fingerprint density at radius 2 is 1.47 bits per heavy atom. The highest BCUT2D eigenvalue weighted by atomic mass is 32.2. The molecule has 2 aliphatic rings. The molecule has 0 spiro atoms. The third kappa shape index (κ3) is 7.64. The summed E-state index contributed by atoms with van der Waals surface area (Å²) in [6, 6.07) is 19.9. The Bertz CT molecular complexity index is 1090. The van der Waals surface area contributed by atoms with Crippen LogP contribution in [0.15, 0.2) is 60.7 Å². The van der Waals surface area contributed by atoms with E-state index in [9.17, 15) is 18.0 Å². The molecule has 0 unspecified atom stereocenters. The number of carbonyl (C=O) groups is 2. The lowest BCUT2D eigenvalue weighted by molar-refractivity contribution is -0.126. The van der Waals surface area contributed by atoms with Crippen LogP contribution in [-0.4, -0.2) is 69.2 Å². The number of para-hydroxylation sites is 1. The Balaban J connectivity index is 1.25. The molecule has 1 N–H and O–H groups in total. The number of piperidine rings is 1. The molecule has 2 heterocycles. The predicted octanol–water partition coefficient (Wildman–Crippen LogP) is 2.92. The quantitative estimate of drug-likeness (QED) is 0.528. The summed E-state index contributed by atoms with van der Waals surface area (Å²) in [6.07, 6.45) is 2.54. The summed E-state index contributed by atoms with van der Waals surface area (Å²) in [7, 11) is -2.98. The number of rotatable bonds is 10. The van der Waals surface area contributed by atoms with Crippen LogP contribution in [0.2, 0.25) is 0 Å². The number of nitrogens with one attached hydrogen (secondary N) is 1. The largest absolute Gasteiger partial charge is 0.363 e. The normalized spacial score (nSPS) is 19.0. The van der Waals surface area contributed by atoms with Gasteiger partial charge >= 0.3 is 0 Å². The molecule has 0 bridgehead atoms. The first-order valence-corrected chi connectivity index (χ1v) is 14.8. The van der Waals surface area contributed by atoms with Gasteiger partial charge in [-0.05, 0) is 56.5 Å². The van der Waals surface area contributed by atoms with Crippen molar-refractivity contribution in [2.75, 3.05) is 49.1 Å². The molecule has 1 amide bonds. The van der Waals surface area contributed by atoms with E-state index in [0.29, 0.717) is 32.5 Å². The van der Waals surface area contributed by atoms with Crippen LogP contribution in [0.3, 0.4) is 0 Å². The SMILES string of the molecule is O=C(CN(CCN1CCC(C(=O)NCc2ccccc2)CC1)c1ccccc1)C1CCS(=O)(=O)CC1. The molecule has 2 fully saturated rings. The number of anilines is 1. The second-order valence-corrected chi connectivity index (χ2v) is 12.3. The summed E-state index contributed by atoms with van der Waals surface area (Å²) in [4.78, 5) is 30.1. The molecular formula is C28H37N3O4S. The topological polar surface area (TPSA) is 86.8 Å². The fraction of sp³-hybridized carbons (Fsp3) is 0.500. The summed E-state index contributed by atoms with van der Waals surface area (Å²) in [6.45, 7) is 4.12. The molecule has 0 aliphatic carbocycles. The van der Waals surface area contributed by atoms with Gasteiger partial charge in [0.1, 0.15) is 9.84 Å². The molecule has 2 aromatic rings. The zero-order valence-electron chi connectivity index (χ0n) is 20.8. The van der Waals surface area contributed by atoms with Crippen molar-refractivity contribution < 1.29 is 18.0 Å². The predicted molar refractivity (Wildman–Crippen MR) is 142 cm³/mol. The van der Waals surface area contributed by atoms with Gasteiger partial charge in [0, 0.05) is 37.2 Å². The fourth-order valence-corrected chi connectivity index (χ4v) is 6.57. The smallest absolute Gasteiger partial charge is 0.223 e. The van der Waals surface area contributed by atoms with E-state index < -0.39 is 9.84 Å². The lowest BCUT2D eigenvalue weighted by Gasteiger charge is -2.34. The lowest BCUT2D eigenvalue weighted by atomic mass is 9.95. The second kappa shape index (κ2) is 12.5. The standard InChI is InChI=1S/C28H37N3O4S/c32-27(24-13-19-36(34,35)20-14-24)22-31(26-9-5-2-6-10-26)18-17-30-15-11-25(12-16-30)28(33)29-21-23-7-3-1-4-8-23/h1-10,24-25H,11-22H2,(H,29,33). The van der Waals surface area contributed by atoms with Gasteiger partial charge in [-0.3, -0.25) is 9.59 Å². The number of amides is 1. The van der Waals surface area contributed by atoms with Crippen molar-refractivity contribution in [3.8, 4) is 0 Å².